The van der Waals surface area contributed by atoms with E-state index in [2.05, 4.69) is 75.5 Å². The van der Waals surface area contributed by atoms with Crippen molar-refractivity contribution in [3.63, 3.8) is 0 Å². The van der Waals surface area contributed by atoms with Gasteiger partial charge < -0.3 is 19.7 Å². The maximum absolute atomic E-state index is 13.1. The average molecular weight is 733 g/mol. The molecular formula is C43H60N2O6S. The molecular weight excluding hydrogens is 673 g/mol. The molecule has 1 N–H and O–H groups in total. The average Bonchev–Trinajstić information content (AvgIpc) is 3.36. The second-order valence-electron chi connectivity index (χ2n) is 14.5. The van der Waals surface area contributed by atoms with Crippen molar-refractivity contribution in [2.45, 2.75) is 134 Å². The van der Waals surface area contributed by atoms with Crippen LogP contribution in [0.5, 0.6) is 0 Å². The molecule has 0 saturated carbocycles. The van der Waals surface area contributed by atoms with Crippen LogP contribution in [-0.4, -0.2) is 64.1 Å². The maximum atomic E-state index is 13.1. The molecule has 52 heavy (non-hydrogen) atoms. The third-order valence-electron chi connectivity index (χ3n) is 9.08. The van der Waals surface area contributed by atoms with Gasteiger partial charge in [0.25, 0.3) is 0 Å². The number of amides is 2. The number of thioether (sulfide) groups is 1. The third-order valence-corrected chi connectivity index (χ3v) is 10.6. The molecule has 0 spiro atoms. The van der Waals surface area contributed by atoms with Crippen molar-refractivity contribution in [3.8, 4) is 0 Å². The highest BCUT2D eigenvalue weighted by molar-refractivity contribution is 8.01. The quantitative estimate of drug-likeness (QED) is 0.0551. The third kappa shape index (κ3) is 14.6. The number of allylic oxidation sites excluding steroid dienone is 10. The molecule has 2 amide bonds. The normalized spacial score (nSPS) is 19.8. The number of hydrogen-bond acceptors (Lipinski definition) is 7. The molecule has 9 heteroatoms. The Morgan fingerprint density at radius 2 is 1.40 bits per heavy atom. The standard InChI is InChI=1S/C43H60N2O6S/c1-32(2)22-20-25-33(3)23-16-13-11-9-7-8-10-12-14-17-24-34(4)26-21-29-50-37(47)31-51-42(49)39-43(5,6)52-41-38(40(48)45(39)41)44-36(46)30-35-27-18-15-19-28-35/h9-12,15,18-19,22-24,27-28,38-39,41H,7-8,13-14,16-17,20-21,25-26,29-31H2,1-6H3,(H,44,46)/b11-9+,12-10+,33-23+,34-24+/t38-,39?,41-/m1/s1. The van der Waals surface area contributed by atoms with E-state index in [4.69, 9.17) is 9.47 Å². The van der Waals surface area contributed by atoms with Gasteiger partial charge in [0, 0.05) is 4.75 Å². The van der Waals surface area contributed by atoms with Gasteiger partial charge >= 0.3 is 11.9 Å². The Hall–Kier alpha value is -3.85. The van der Waals surface area contributed by atoms with E-state index in [1.54, 1.807) is 0 Å². The number of β-lactam (4-membered cyclic amide) rings is 1. The molecule has 2 saturated heterocycles. The molecule has 1 unspecified atom stereocenters. The second kappa shape index (κ2) is 22.3. The van der Waals surface area contributed by atoms with E-state index in [9.17, 15) is 19.2 Å². The highest BCUT2D eigenvalue weighted by atomic mass is 32.2. The van der Waals surface area contributed by atoms with Gasteiger partial charge in [0.15, 0.2) is 6.61 Å². The molecule has 0 aromatic heterocycles. The van der Waals surface area contributed by atoms with Gasteiger partial charge in [-0.25, -0.2) is 9.59 Å². The number of carbonyl (C=O) groups is 4. The Labute approximate surface area is 316 Å². The van der Waals surface area contributed by atoms with E-state index < -0.39 is 35.4 Å². The van der Waals surface area contributed by atoms with Crippen LogP contribution in [0.2, 0.25) is 0 Å². The highest BCUT2D eigenvalue weighted by Gasteiger charge is 2.64. The molecule has 3 atom stereocenters. The van der Waals surface area contributed by atoms with E-state index in [0.29, 0.717) is 6.42 Å². The van der Waals surface area contributed by atoms with Gasteiger partial charge in [-0.3, -0.25) is 9.59 Å². The minimum atomic E-state index is -0.862. The molecule has 2 fully saturated rings. The summed E-state index contributed by atoms with van der Waals surface area (Å²) >= 11 is 1.44. The van der Waals surface area contributed by atoms with Crippen molar-refractivity contribution in [1.82, 2.24) is 10.2 Å². The number of unbranched alkanes of at least 4 members (excludes halogenated alkanes) is 3. The SMILES string of the molecule is CC(C)=CCC/C(C)=C/CC/C=C/CC/C=C/CC/C=C(\C)CCCOC(=O)COC(=O)C1N2C(=O)[C@@H](NC(=O)Cc3ccccc3)[C@H]2SC1(C)C. The lowest BCUT2D eigenvalue weighted by molar-refractivity contribution is -0.169. The lowest BCUT2D eigenvalue weighted by Crippen LogP contribution is -2.70. The summed E-state index contributed by atoms with van der Waals surface area (Å²) in [4.78, 5) is 52.4. The van der Waals surface area contributed by atoms with Gasteiger partial charge in [-0.1, -0.05) is 89.6 Å². The van der Waals surface area contributed by atoms with E-state index in [0.717, 1.165) is 63.4 Å². The number of nitrogens with one attached hydrogen (secondary N) is 1. The van der Waals surface area contributed by atoms with Gasteiger partial charge in [-0.15, -0.1) is 11.8 Å². The minimum absolute atomic E-state index is 0.168. The van der Waals surface area contributed by atoms with Crippen LogP contribution in [0.3, 0.4) is 0 Å². The Bertz CT molecular complexity index is 1490. The number of hydrogen-bond donors (Lipinski definition) is 1. The van der Waals surface area contributed by atoms with Crippen molar-refractivity contribution in [3.05, 3.63) is 95.1 Å². The molecule has 8 nitrogen and oxygen atoms in total. The predicted molar refractivity (Wildman–Crippen MR) is 211 cm³/mol. The number of ether oxygens (including phenoxy) is 2. The fraction of sp³-hybridized carbons (Fsp3) is 0.535. The summed E-state index contributed by atoms with van der Waals surface area (Å²) in [5.74, 6) is -1.84. The summed E-state index contributed by atoms with van der Waals surface area (Å²) in [7, 11) is 0. The van der Waals surface area contributed by atoms with E-state index in [1.807, 2.05) is 44.2 Å². The zero-order valence-electron chi connectivity index (χ0n) is 32.2. The number of carbonyl (C=O) groups excluding carboxylic acids is 4. The topological polar surface area (TPSA) is 102 Å². The van der Waals surface area contributed by atoms with Gasteiger partial charge in [0.1, 0.15) is 17.5 Å². The lowest BCUT2D eigenvalue weighted by atomic mass is 9.96. The van der Waals surface area contributed by atoms with Crippen molar-refractivity contribution in [1.29, 1.82) is 0 Å². The van der Waals surface area contributed by atoms with Crippen LogP contribution < -0.4 is 5.32 Å². The first-order chi connectivity index (χ1) is 24.9. The Kier molecular flexibility index (Phi) is 18.2. The number of fused-ring (bicyclic) bond motifs is 1. The van der Waals surface area contributed by atoms with Crippen LogP contribution in [0.15, 0.2) is 89.6 Å². The van der Waals surface area contributed by atoms with Gasteiger partial charge in [-0.2, -0.15) is 0 Å². The van der Waals surface area contributed by atoms with E-state index in [1.165, 1.54) is 33.4 Å². The molecule has 0 bridgehead atoms. The molecule has 1 aromatic rings. The molecule has 2 aliphatic heterocycles. The van der Waals surface area contributed by atoms with Crippen LogP contribution in [0.1, 0.15) is 111 Å². The first-order valence-electron chi connectivity index (χ1n) is 18.8. The molecule has 3 rings (SSSR count). The van der Waals surface area contributed by atoms with E-state index >= 15 is 0 Å². The number of rotatable bonds is 22. The lowest BCUT2D eigenvalue weighted by Gasteiger charge is -2.43. The zero-order chi connectivity index (χ0) is 37.9. The first-order valence-corrected chi connectivity index (χ1v) is 19.7. The van der Waals surface area contributed by atoms with E-state index in [-0.39, 0.29) is 30.2 Å². The Morgan fingerprint density at radius 1 is 0.808 bits per heavy atom. The van der Waals surface area contributed by atoms with Crippen molar-refractivity contribution in [2.75, 3.05) is 13.2 Å². The molecule has 0 radical (unpaired) electrons. The van der Waals surface area contributed by atoms with Crippen LogP contribution in [0.4, 0.5) is 0 Å². The fourth-order valence-corrected chi connectivity index (χ4v) is 7.85. The summed E-state index contributed by atoms with van der Waals surface area (Å²) in [6.45, 7) is 12.1. The highest BCUT2D eigenvalue weighted by Crippen LogP contribution is 2.51. The van der Waals surface area contributed by atoms with Crippen molar-refractivity contribution < 1.29 is 28.7 Å². The predicted octanol–water partition coefficient (Wildman–Crippen LogP) is 8.73. The second-order valence-corrected chi connectivity index (χ2v) is 16.3. The van der Waals surface area contributed by atoms with Gasteiger partial charge in [0.2, 0.25) is 11.8 Å². The van der Waals surface area contributed by atoms with Gasteiger partial charge in [0.05, 0.1) is 13.0 Å². The summed E-state index contributed by atoms with van der Waals surface area (Å²) in [5, 5.41) is 2.45. The Morgan fingerprint density at radius 3 is 2.02 bits per heavy atom. The minimum Gasteiger partial charge on any atom is -0.463 e. The van der Waals surface area contributed by atoms with Gasteiger partial charge in [-0.05, 0) is 111 Å². The Balaban J connectivity index is 1.23. The maximum Gasteiger partial charge on any atom is 0.344 e. The van der Waals surface area contributed by atoms with Crippen LogP contribution in [0.25, 0.3) is 0 Å². The largest absolute Gasteiger partial charge is 0.463 e. The molecule has 1 aromatic carbocycles. The monoisotopic (exact) mass is 732 g/mol. The first kappa shape index (κ1) is 42.6. The van der Waals surface area contributed by atoms with Crippen LogP contribution in [-0.2, 0) is 35.1 Å². The molecule has 2 heterocycles. The molecule has 0 aliphatic carbocycles. The van der Waals surface area contributed by atoms with Crippen molar-refractivity contribution in [2.24, 2.45) is 0 Å². The zero-order valence-corrected chi connectivity index (χ0v) is 33.0. The number of benzene rings is 1. The summed E-state index contributed by atoms with van der Waals surface area (Å²) in [6.07, 6.45) is 26.2. The van der Waals surface area contributed by atoms with Crippen molar-refractivity contribution >= 4 is 35.5 Å². The fourth-order valence-electron chi connectivity index (χ4n) is 6.23. The smallest absolute Gasteiger partial charge is 0.344 e. The van der Waals surface area contributed by atoms with Crippen LogP contribution >= 0.6 is 11.8 Å². The van der Waals surface area contributed by atoms with Crippen LogP contribution in [0, 0.1) is 0 Å². The molecule has 284 valence electrons. The number of nitrogens with zero attached hydrogens (tertiary/aromatic N) is 1. The summed E-state index contributed by atoms with van der Waals surface area (Å²) in [5.41, 5.74) is 4.98. The summed E-state index contributed by atoms with van der Waals surface area (Å²) in [6, 6.07) is 7.74. The molecule has 2 aliphatic rings. The summed E-state index contributed by atoms with van der Waals surface area (Å²) < 4.78 is 9.95. The number of esters is 2.